The van der Waals surface area contributed by atoms with E-state index in [1.807, 2.05) is 42.5 Å². The summed E-state index contributed by atoms with van der Waals surface area (Å²) < 4.78 is 4.79. The molecule has 14 heavy (non-hydrogen) atoms. The molecule has 0 unspecified atom stereocenters. The summed E-state index contributed by atoms with van der Waals surface area (Å²) in [6.45, 7) is 2.25. The number of carbonyl (C=O) groups is 1. The zero-order valence-electron chi connectivity index (χ0n) is 8.27. The van der Waals surface area contributed by atoms with Crippen LogP contribution in [0.1, 0.15) is 18.9 Å². The Balaban J connectivity index is 2.38. The lowest BCUT2D eigenvalue weighted by Crippen LogP contribution is -2.01. The van der Waals surface area contributed by atoms with Gasteiger partial charge in [-0.2, -0.15) is 0 Å². The smallest absolute Gasteiger partial charge is 0.309 e. The highest BCUT2D eigenvalue weighted by atomic mass is 16.5. The molecule has 0 radical (unpaired) electrons. The van der Waals surface area contributed by atoms with Crippen molar-refractivity contribution < 1.29 is 9.53 Å². The van der Waals surface area contributed by atoms with Gasteiger partial charge < -0.3 is 4.74 Å². The van der Waals surface area contributed by atoms with E-state index in [9.17, 15) is 4.79 Å². The SMILES string of the molecule is CCOC(=O)CC=Cc1ccccc1. The Morgan fingerprint density at radius 1 is 1.36 bits per heavy atom. The molecular formula is C12H14O2. The Hall–Kier alpha value is -1.57. The average Bonchev–Trinajstić information content (AvgIpc) is 2.20. The number of carbonyl (C=O) groups excluding carboxylic acids is 1. The lowest BCUT2D eigenvalue weighted by atomic mass is 10.2. The summed E-state index contributed by atoms with van der Waals surface area (Å²) in [4.78, 5) is 11.0. The highest BCUT2D eigenvalue weighted by Gasteiger charge is 1.95. The van der Waals surface area contributed by atoms with Crippen molar-refractivity contribution in [2.45, 2.75) is 13.3 Å². The molecule has 0 aliphatic carbocycles. The Labute approximate surface area is 84.2 Å². The molecule has 1 aromatic carbocycles. The predicted molar refractivity (Wildman–Crippen MR) is 56.7 cm³/mol. The van der Waals surface area contributed by atoms with Gasteiger partial charge in [0, 0.05) is 0 Å². The molecule has 0 saturated heterocycles. The molecule has 2 heteroatoms. The van der Waals surface area contributed by atoms with Crippen molar-refractivity contribution in [2.24, 2.45) is 0 Å². The number of benzene rings is 1. The molecule has 1 aromatic rings. The second-order valence-electron chi connectivity index (χ2n) is 2.82. The normalized spacial score (nSPS) is 10.4. The van der Waals surface area contributed by atoms with Gasteiger partial charge >= 0.3 is 5.97 Å². The molecular weight excluding hydrogens is 176 g/mol. The van der Waals surface area contributed by atoms with Crippen LogP contribution >= 0.6 is 0 Å². The van der Waals surface area contributed by atoms with Crippen molar-refractivity contribution in [3.63, 3.8) is 0 Å². The van der Waals surface area contributed by atoms with E-state index in [4.69, 9.17) is 4.74 Å². The van der Waals surface area contributed by atoms with Crippen LogP contribution < -0.4 is 0 Å². The fraction of sp³-hybridized carbons (Fsp3) is 0.250. The summed E-state index contributed by atoms with van der Waals surface area (Å²) in [6, 6.07) is 9.86. The van der Waals surface area contributed by atoms with E-state index in [2.05, 4.69) is 0 Å². The van der Waals surface area contributed by atoms with E-state index in [1.165, 1.54) is 0 Å². The number of hydrogen-bond donors (Lipinski definition) is 0. The van der Waals surface area contributed by atoms with Crippen molar-refractivity contribution >= 4 is 12.0 Å². The van der Waals surface area contributed by atoms with E-state index in [-0.39, 0.29) is 5.97 Å². The number of esters is 1. The quantitative estimate of drug-likeness (QED) is 0.682. The summed E-state index contributed by atoms with van der Waals surface area (Å²) in [5.41, 5.74) is 1.09. The second-order valence-corrected chi connectivity index (χ2v) is 2.82. The molecule has 0 atom stereocenters. The summed E-state index contributed by atoms with van der Waals surface area (Å²) >= 11 is 0. The van der Waals surface area contributed by atoms with Gasteiger partial charge in [0.2, 0.25) is 0 Å². The van der Waals surface area contributed by atoms with Gasteiger partial charge in [-0.25, -0.2) is 0 Å². The number of ether oxygens (including phenoxy) is 1. The first-order valence-electron chi connectivity index (χ1n) is 4.70. The third-order valence-corrected chi connectivity index (χ3v) is 1.70. The standard InChI is InChI=1S/C12H14O2/c1-2-14-12(13)10-6-9-11-7-4-3-5-8-11/h3-9H,2,10H2,1H3. The third-order valence-electron chi connectivity index (χ3n) is 1.70. The molecule has 0 saturated carbocycles. The van der Waals surface area contributed by atoms with E-state index in [1.54, 1.807) is 6.92 Å². The highest BCUT2D eigenvalue weighted by molar-refractivity contribution is 5.72. The first-order chi connectivity index (χ1) is 6.83. The fourth-order valence-electron chi connectivity index (χ4n) is 1.08. The highest BCUT2D eigenvalue weighted by Crippen LogP contribution is 2.02. The first kappa shape index (κ1) is 10.5. The third kappa shape index (κ3) is 3.90. The van der Waals surface area contributed by atoms with Gasteiger partial charge in [-0.05, 0) is 12.5 Å². The molecule has 0 bridgehead atoms. The number of rotatable bonds is 4. The number of hydrogen-bond acceptors (Lipinski definition) is 2. The van der Waals surface area contributed by atoms with Crippen molar-refractivity contribution in [1.82, 2.24) is 0 Å². The van der Waals surface area contributed by atoms with Crippen LogP contribution in [0, 0.1) is 0 Å². The van der Waals surface area contributed by atoms with Gasteiger partial charge in [-0.3, -0.25) is 4.79 Å². The molecule has 1 rings (SSSR count). The Morgan fingerprint density at radius 3 is 2.71 bits per heavy atom. The molecule has 0 N–H and O–H groups in total. The average molecular weight is 190 g/mol. The summed E-state index contributed by atoms with van der Waals surface area (Å²) in [6.07, 6.45) is 4.06. The Morgan fingerprint density at radius 2 is 2.07 bits per heavy atom. The van der Waals surface area contributed by atoms with Gasteiger partial charge in [0.25, 0.3) is 0 Å². The predicted octanol–water partition coefficient (Wildman–Crippen LogP) is 2.65. The molecule has 0 spiro atoms. The minimum absolute atomic E-state index is 0.181. The molecule has 0 heterocycles. The minimum Gasteiger partial charge on any atom is -0.466 e. The molecule has 0 aliphatic heterocycles. The summed E-state index contributed by atoms with van der Waals surface area (Å²) in [5.74, 6) is -0.181. The van der Waals surface area contributed by atoms with Crippen molar-refractivity contribution in [3.8, 4) is 0 Å². The lowest BCUT2D eigenvalue weighted by molar-refractivity contribution is -0.142. The zero-order chi connectivity index (χ0) is 10.2. The molecule has 74 valence electrons. The van der Waals surface area contributed by atoms with E-state index in [0.29, 0.717) is 13.0 Å². The van der Waals surface area contributed by atoms with Crippen LogP contribution in [0.15, 0.2) is 36.4 Å². The van der Waals surface area contributed by atoms with Crippen LogP contribution in [0.4, 0.5) is 0 Å². The minimum atomic E-state index is -0.181. The van der Waals surface area contributed by atoms with E-state index >= 15 is 0 Å². The Bertz CT molecular complexity index is 301. The molecule has 0 fully saturated rings. The van der Waals surface area contributed by atoms with Crippen LogP contribution in [0.3, 0.4) is 0 Å². The van der Waals surface area contributed by atoms with E-state index in [0.717, 1.165) is 5.56 Å². The van der Waals surface area contributed by atoms with Gasteiger partial charge in [-0.15, -0.1) is 0 Å². The summed E-state index contributed by atoms with van der Waals surface area (Å²) in [5, 5.41) is 0. The monoisotopic (exact) mass is 190 g/mol. The molecule has 0 amide bonds. The lowest BCUT2D eigenvalue weighted by Gasteiger charge is -1.96. The van der Waals surface area contributed by atoms with Crippen molar-refractivity contribution in [1.29, 1.82) is 0 Å². The van der Waals surface area contributed by atoms with Crippen LogP contribution in [0.5, 0.6) is 0 Å². The zero-order valence-corrected chi connectivity index (χ0v) is 8.27. The maximum atomic E-state index is 11.0. The van der Waals surface area contributed by atoms with Crippen LogP contribution in [-0.2, 0) is 9.53 Å². The molecule has 0 aliphatic rings. The Kier molecular flexibility index (Phi) is 4.48. The largest absolute Gasteiger partial charge is 0.466 e. The molecule has 0 aromatic heterocycles. The summed E-state index contributed by atoms with van der Waals surface area (Å²) in [7, 11) is 0. The van der Waals surface area contributed by atoms with Crippen LogP contribution in [0.2, 0.25) is 0 Å². The maximum Gasteiger partial charge on any atom is 0.309 e. The van der Waals surface area contributed by atoms with Gasteiger partial charge in [0.15, 0.2) is 0 Å². The van der Waals surface area contributed by atoms with Gasteiger partial charge in [-0.1, -0.05) is 42.5 Å². The van der Waals surface area contributed by atoms with E-state index < -0.39 is 0 Å². The van der Waals surface area contributed by atoms with Crippen LogP contribution in [0.25, 0.3) is 6.08 Å². The molecule has 2 nitrogen and oxygen atoms in total. The van der Waals surface area contributed by atoms with Gasteiger partial charge in [0.05, 0.1) is 13.0 Å². The van der Waals surface area contributed by atoms with Crippen molar-refractivity contribution in [3.05, 3.63) is 42.0 Å². The first-order valence-corrected chi connectivity index (χ1v) is 4.70. The second kappa shape index (κ2) is 5.97. The van der Waals surface area contributed by atoms with Crippen molar-refractivity contribution in [2.75, 3.05) is 6.61 Å². The fourth-order valence-corrected chi connectivity index (χ4v) is 1.08. The van der Waals surface area contributed by atoms with Gasteiger partial charge in [0.1, 0.15) is 0 Å². The maximum absolute atomic E-state index is 11.0. The van der Waals surface area contributed by atoms with Crippen LogP contribution in [-0.4, -0.2) is 12.6 Å². The topological polar surface area (TPSA) is 26.3 Å².